The van der Waals surface area contributed by atoms with Gasteiger partial charge in [0.15, 0.2) is 6.61 Å². The second-order valence-corrected chi connectivity index (χ2v) is 7.56. The normalized spacial score (nSPS) is 27.8. The van der Waals surface area contributed by atoms with E-state index >= 15 is 0 Å². The van der Waals surface area contributed by atoms with Crippen LogP contribution in [0.2, 0.25) is 0 Å². The number of likely N-dealkylation sites (tertiary alicyclic amines) is 1. The molecule has 4 rings (SSSR count). The Kier molecular flexibility index (Phi) is 4.52. The molecule has 1 aromatic rings. The number of carbonyl (C=O) groups excluding carboxylic acids is 4. The van der Waals surface area contributed by atoms with E-state index in [9.17, 15) is 29.3 Å². The number of amides is 2. The molecule has 1 saturated heterocycles. The van der Waals surface area contributed by atoms with Gasteiger partial charge in [0, 0.05) is 17.7 Å². The van der Waals surface area contributed by atoms with Crippen LogP contribution in [0.3, 0.4) is 0 Å². The molecular weight excluding hydrogens is 380 g/mol. The van der Waals surface area contributed by atoms with Crippen LogP contribution in [-0.2, 0) is 19.1 Å². The Bertz CT molecular complexity index is 939. The van der Waals surface area contributed by atoms with Gasteiger partial charge in [0.05, 0.1) is 16.8 Å². The first-order chi connectivity index (χ1) is 13.8. The fourth-order valence-electron chi connectivity index (χ4n) is 4.55. The van der Waals surface area contributed by atoms with E-state index in [-0.39, 0.29) is 34.9 Å². The molecule has 1 heterocycles. The van der Waals surface area contributed by atoms with E-state index in [4.69, 9.17) is 4.74 Å². The summed E-state index contributed by atoms with van der Waals surface area (Å²) >= 11 is 0. The lowest BCUT2D eigenvalue weighted by Gasteiger charge is -2.23. The minimum atomic E-state index is -1.14. The van der Waals surface area contributed by atoms with Crippen LogP contribution in [0.5, 0.6) is 0 Å². The smallest absolute Gasteiger partial charge is 0.329 e. The van der Waals surface area contributed by atoms with Crippen molar-refractivity contribution in [3.8, 4) is 0 Å². The van der Waals surface area contributed by atoms with Crippen LogP contribution in [0.4, 0.5) is 5.69 Å². The van der Waals surface area contributed by atoms with Gasteiger partial charge in [0.1, 0.15) is 6.04 Å². The Morgan fingerprint density at radius 3 is 2.41 bits per heavy atom. The molecule has 9 heteroatoms. The van der Waals surface area contributed by atoms with Gasteiger partial charge in [-0.2, -0.15) is 0 Å². The average molecular weight is 398 g/mol. The molecule has 1 aliphatic heterocycles. The number of fused-ring (bicyclic) bond motifs is 5. The number of imide groups is 1. The zero-order chi connectivity index (χ0) is 20.9. The van der Waals surface area contributed by atoms with Gasteiger partial charge in [0.25, 0.3) is 5.69 Å². The molecular formula is C20H18N2O7. The molecule has 9 nitrogen and oxygen atoms in total. The van der Waals surface area contributed by atoms with E-state index < -0.39 is 41.2 Å². The highest BCUT2D eigenvalue weighted by Crippen LogP contribution is 2.52. The zero-order valence-corrected chi connectivity index (χ0v) is 15.5. The highest BCUT2D eigenvalue weighted by atomic mass is 16.6. The predicted molar refractivity (Wildman–Crippen MR) is 97.4 cm³/mol. The lowest BCUT2D eigenvalue weighted by molar-refractivity contribution is -0.384. The number of nitrogens with zero attached hydrogens (tertiary/aromatic N) is 2. The molecule has 2 fully saturated rings. The number of benzene rings is 1. The van der Waals surface area contributed by atoms with E-state index in [0.29, 0.717) is 0 Å². The Labute approximate surface area is 165 Å². The second-order valence-electron chi connectivity index (χ2n) is 7.56. The van der Waals surface area contributed by atoms with Crippen LogP contribution < -0.4 is 0 Å². The number of esters is 1. The van der Waals surface area contributed by atoms with Crippen molar-refractivity contribution in [2.24, 2.45) is 23.7 Å². The average Bonchev–Trinajstić information content (AvgIpc) is 3.39. The molecule has 5 atom stereocenters. The largest absolute Gasteiger partial charge is 0.456 e. The van der Waals surface area contributed by atoms with Gasteiger partial charge in [-0.25, -0.2) is 4.79 Å². The second kappa shape index (κ2) is 6.91. The number of ether oxygens (including phenoxy) is 1. The first kappa shape index (κ1) is 19.0. The van der Waals surface area contributed by atoms with Crippen molar-refractivity contribution in [2.75, 3.05) is 6.61 Å². The molecule has 1 aromatic carbocycles. The summed E-state index contributed by atoms with van der Waals surface area (Å²) in [6.45, 7) is 0.757. The molecule has 1 saturated carbocycles. The van der Waals surface area contributed by atoms with Crippen molar-refractivity contribution in [3.05, 3.63) is 52.1 Å². The summed E-state index contributed by atoms with van der Waals surface area (Å²) in [5.74, 6) is -3.00. The summed E-state index contributed by atoms with van der Waals surface area (Å²) in [4.78, 5) is 61.2. The molecule has 0 spiro atoms. The summed E-state index contributed by atoms with van der Waals surface area (Å²) in [5.41, 5.74) is -0.219. The van der Waals surface area contributed by atoms with E-state index in [1.165, 1.54) is 25.1 Å². The summed E-state index contributed by atoms with van der Waals surface area (Å²) in [6, 6.07) is 3.94. The number of allylic oxidation sites excluding steroid dienone is 2. The minimum Gasteiger partial charge on any atom is -0.456 e. The molecule has 0 unspecified atom stereocenters. The van der Waals surface area contributed by atoms with Gasteiger partial charge in [-0.05, 0) is 25.2 Å². The summed E-state index contributed by atoms with van der Waals surface area (Å²) < 4.78 is 5.00. The molecule has 0 aromatic heterocycles. The van der Waals surface area contributed by atoms with E-state index in [1.54, 1.807) is 0 Å². The van der Waals surface area contributed by atoms with Crippen LogP contribution >= 0.6 is 0 Å². The molecule has 0 radical (unpaired) electrons. The topological polar surface area (TPSA) is 124 Å². The quantitative estimate of drug-likeness (QED) is 0.178. The number of rotatable bonds is 6. The van der Waals surface area contributed by atoms with Gasteiger partial charge >= 0.3 is 5.97 Å². The van der Waals surface area contributed by atoms with E-state index in [0.717, 1.165) is 17.4 Å². The Morgan fingerprint density at radius 1 is 1.21 bits per heavy atom. The SMILES string of the molecule is C[C@@H](C(=O)OCC(=O)c1cccc([N+](=O)[O-])c1)N1C(=O)[C@@H]2[C@H](C1=O)[C@@H]1C=C[C@@H]2C1. The summed E-state index contributed by atoms with van der Waals surface area (Å²) in [5, 5.41) is 10.8. The van der Waals surface area contributed by atoms with E-state index in [1.807, 2.05) is 12.2 Å². The Morgan fingerprint density at radius 2 is 1.83 bits per heavy atom. The molecule has 2 aliphatic carbocycles. The van der Waals surface area contributed by atoms with Gasteiger partial charge in [-0.1, -0.05) is 24.3 Å². The van der Waals surface area contributed by atoms with E-state index in [2.05, 4.69) is 0 Å². The fraction of sp³-hybridized carbons (Fsp3) is 0.400. The standard InChI is InChI=1S/C20H18N2O7/c1-10(21-18(24)16-12-5-6-13(7-12)17(16)19(21)25)20(26)29-9-15(23)11-3-2-4-14(8-11)22(27)28/h2-6,8,10,12-13,16-17H,7,9H2,1H3/t10-,12+,13+,16-,17+/m0/s1. The maximum atomic E-state index is 12.7. The maximum Gasteiger partial charge on any atom is 0.329 e. The Balaban J connectivity index is 1.40. The number of hydrogen-bond donors (Lipinski definition) is 0. The number of carbonyl (C=O) groups is 4. The number of nitro groups is 1. The molecule has 2 amide bonds. The summed E-state index contributed by atoms with van der Waals surface area (Å²) in [7, 11) is 0. The third kappa shape index (κ3) is 3.02. The third-order valence-corrected chi connectivity index (χ3v) is 5.96. The van der Waals surface area contributed by atoms with Gasteiger partial charge in [0.2, 0.25) is 17.6 Å². The molecule has 0 N–H and O–H groups in total. The fourth-order valence-corrected chi connectivity index (χ4v) is 4.55. The first-order valence-corrected chi connectivity index (χ1v) is 9.29. The lowest BCUT2D eigenvalue weighted by Crippen LogP contribution is -2.45. The third-order valence-electron chi connectivity index (χ3n) is 5.96. The van der Waals surface area contributed by atoms with Crippen molar-refractivity contribution < 1.29 is 28.8 Å². The van der Waals surface area contributed by atoms with Crippen molar-refractivity contribution in [1.29, 1.82) is 0 Å². The van der Waals surface area contributed by atoms with Crippen LogP contribution in [0.15, 0.2) is 36.4 Å². The van der Waals surface area contributed by atoms with Crippen molar-refractivity contribution in [2.45, 2.75) is 19.4 Å². The van der Waals surface area contributed by atoms with Crippen LogP contribution in [0.1, 0.15) is 23.7 Å². The molecule has 3 aliphatic rings. The zero-order valence-electron chi connectivity index (χ0n) is 15.5. The lowest BCUT2D eigenvalue weighted by atomic mass is 9.85. The van der Waals surface area contributed by atoms with Crippen molar-refractivity contribution in [3.63, 3.8) is 0 Å². The number of nitro benzene ring substituents is 1. The molecule has 150 valence electrons. The van der Waals surface area contributed by atoms with Crippen LogP contribution in [0, 0.1) is 33.8 Å². The number of Topliss-reactive ketones (excluding diaryl/α,β-unsaturated/α-hetero) is 1. The molecule has 2 bridgehead atoms. The summed E-state index contributed by atoms with van der Waals surface area (Å²) in [6.07, 6.45) is 4.71. The van der Waals surface area contributed by atoms with Gasteiger partial charge in [-0.3, -0.25) is 29.4 Å². The van der Waals surface area contributed by atoms with Gasteiger partial charge in [-0.15, -0.1) is 0 Å². The first-order valence-electron chi connectivity index (χ1n) is 9.29. The maximum absolute atomic E-state index is 12.7. The number of ketones is 1. The van der Waals surface area contributed by atoms with Crippen LogP contribution in [0.25, 0.3) is 0 Å². The monoisotopic (exact) mass is 398 g/mol. The predicted octanol–water partition coefficient (Wildman–Crippen LogP) is 1.52. The number of non-ortho nitro benzene ring substituents is 1. The van der Waals surface area contributed by atoms with Gasteiger partial charge < -0.3 is 4.74 Å². The highest BCUT2D eigenvalue weighted by Gasteiger charge is 2.60. The highest BCUT2D eigenvalue weighted by molar-refractivity contribution is 6.09. The Hall–Kier alpha value is -3.36. The van der Waals surface area contributed by atoms with Crippen molar-refractivity contribution in [1.82, 2.24) is 4.90 Å². The minimum absolute atomic E-state index is 0.0325. The number of hydrogen-bond acceptors (Lipinski definition) is 7. The van der Waals surface area contributed by atoms with Crippen LogP contribution in [-0.4, -0.2) is 46.0 Å². The van der Waals surface area contributed by atoms with Crippen molar-refractivity contribution >= 4 is 29.3 Å². The molecule has 29 heavy (non-hydrogen) atoms.